The highest BCUT2D eigenvalue weighted by atomic mass is 16.5. The number of para-hydroxylation sites is 1. The van der Waals surface area contributed by atoms with E-state index in [1.807, 2.05) is 13.0 Å². The van der Waals surface area contributed by atoms with Gasteiger partial charge in [-0.1, -0.05) is 57.4 Å². The highest BCUT2D eigenvalue weighted by Crippen LogP contribution is 2.45. The van der Waals surface area contributed by atoms with Gasteiger partial charge in [-0.05, 0) is 105 Å². The van der Waals surface area contributed by atoms with Crippen LogP contribution in [0.5, 0.6) is 0 Å². The molecule has 0 bridgehead atoms. The molecule has 0 N–H and O–H groups in total. The third-order valence-corrected chi connectivity index (χ3v) is 8.89. The molecular formula is C35H46N2O2. The Balaban J connectivity index is 1.69. The number of allylic oxidation sites excluding steroid dienone is 2. The van der Waals surface area contributed by atoms with E-state index in [0.717, 1.165) is 32.5 Å². The van der Waals surface area contributed by atoms with Crippen molar-refractivity contribution in [2.45, 2.75) is 91.6 Å². The molecule has 1 fully saturated rings. The standard InChI is InChI=1S/C35H46N2O2/c1-5-21-39-35(38)27-18-19-29(25(3)22-27)33(26-13-8-7-9-14-26)31-15-10-11-20-37-24-28(23-36(4)6-2)30-16-12-17-32(31)34(30)37/h12,16-19,22,24,26H,5-11,13-15,20-21,23H2,1-4H3/b33-31+. The predicted molar refractivity (Wildman–Crippen MR) is 163 cm³/mol. The Hall–Kier alpha value is -2.85. The number of carbonyl (C=O) groups excluding carboxylic acids is 1. The van der Waals surface area contributed by atoms with E-state index < -0.39 is 0 Å². The molecule has 1 saturated carbocycles. The summed E-state index contributed by atoms with van der Waals surface area (Å²) in [6.07, 6.45) is 13.2. The smallest absolute Gasteiger partial charge is 0.338 e. The highest BCUT2D eigenvalue weighted by Gasteiger charge is 2.27. The Morgan fingerprint density at radius 1 is 1.05 bits per heavy atom. The SMILES string of the molecule is CCCOC(=O)c1ccc(/C(=C2\CCCCn3cc(CN(C)CC)c4cccc2c43)C2CCCCC2)c(C)c1. The molecule has 3 aromatic rings. The highest BCUT2D eigenvalue weighted by molar-refractivity contribution is 6.02. The molecule has 2 aromatic carbocycles. The van der Waals surface area contributed by atoms with E-state index in [-0.39, 0.29) is 5.97 Å². The Morgan fingerprint density at radius 2 is 1.87 bits per heavy atom. The molecule has 4 nitrogen and oxygen atoms in total. The Kier molecular flexibility index (Phi) is 8.92. The van der Waals surface area contributed by atoms with Crippen molar-refractivity contribution in [2.24, 2.45) is 5.92 Å². The molecule has 1 aliphatic heterocycles. The quantitative estimate of drug-likeness (QED) is 0.276. The lowest BCUT2D eigenvalue weighted by molar-refractivity contribution is 0.0505. The van der Waals surface area contributed by atoms with Crippen LogP contribution in [0, 0.1) is 12.8 Å². The Morgan fingerprint density at radius 3 is 2.62 bits per heavy atom. The largest absolute Gasteiger partial charge is 0.462 e. The van der Waals surface area contributed by atoms with Crippen LogP contribution in [-0.2, 0) is 17.8 Å². The van der Waals surface area contributed by atoms with Crippen molar-refractivity contribution in [3.63, 3.8) is 0 Å². The average molecular weight is 527 g/mol. The second-order valence-electron chi connectivity index (χ2n) is 11.7. The van der Waals surface area contributed by atoms with Gasteiger partial charge in [-0.15, -0.1) is 0 Å². The number of hydrogen-bond donors (Lipinski definition) is 0. The number of hydrogen-bond acceptors (Lipinski definition) is 3. The molecule has 2 heterocycles. The van der Waals surface area contributed by atoms with E-state index >= 15 is 0 Å². The zero-order valence-electron chi connectivity index (χ0n) is 24.5. The summed E-state index contributed by atoms with van der Waals surface area (Å²) < 4.78 is 8.00. The zero-order chi connectivity index (χ0) is 27.4. The maximum Gasteiger partial charge on any atom is 0.338 e. The fourth-order valence-electron chi connectivity index (χ4n) is 6.77. The van der Waals surface area contributed by atoms with Gasteiger partial charge in [-0.25, -0.2) is 4.79 Å². The number of aromatic nitrogens is 1. The van der Waals surface area contributed by atoms with Gasteiger partial charge in [0.25, 0.3) is 0 Å². The number of ether oxygens (including phenoxy) is 1. The summed E-state index contributed by atoms with van der Waals surface area (Å²) in [7, 11) is 2.21. The fraction of sp³-hybridized carbons (Fsp3) is 0.514. The molecule has 0 amide bonds. The summed E-state index contributed by atoms with van der Waals surface area (Å²) in [6, 6.07) is 13.2. The lowest BCUT2D eigenvalue weighted by atomic mass is 9.75. The molecule has 0 radical (unpaired) electrons. The minimum absolute atomic E-state index is 0.212. The van der Waals surface area contributed by atoms with Crippen LogP contribution in [0.3, 0.4) is 0 Å². The second kappa shape index (κ2) is 12.6. The van der Waals surface area contributed by atoms with Crippen LogP contribution < -0.4 is 0 Å². The monoisotopic (exact) mass is 526 g/mol. The van der Waals surface area contributed by atoms with Crippen LogP contribution in [0.4, 0.5) is 0 Å². The topological polar surface area (TPSA) is 34.5 Å². The average Bonchev–Trinajstić information content (AvgIpc) is 3.30. The number of aryl methyl sites for hydroxylation is 2. The van der Waals surface area contributed by atoms with Gasteiger partial charge in [0, 0.05) is 30.2 Å². The summed E-state index contributed by atoms with van der Waals surface area (Å²) in [5.41, 5.74) is 10.5. The molecule has 39 heavy (non-hydrogen) atoms. The molecule has 1 aliphatic carbocycles. The Bertz CT molecular complexity index is 1340. The zero-order valence-corrected chi connectivity index (χ0v) is 24.5. The van der Waals surface area contributed by atoms with Gasteiger partial charge in [0.2, 0.25) is 0 Å². The van der Waals surface area contributed by atoms with Crippen molar-refractivity contribution < 1.29 is 9.53 Å². The molecular weight excluding hydrogens is 480 g/mol. The van der Waals surface area contributed by atoms with Crippen molar-refractivity contribution >= 4 is 28.0 Å². The van der Waals surface area contributed by atoms with Gasteiger partial charge in [-0.3, -0.25) is 0 Å². The molecule has 0 unspecified atom stereocenters. The van der Waals surface area contributed by atoms with E-state index in [0.29, 0.717) is 18.1 Å². The minimum Gasteiger partial charge on any atom is -0.462 e. The summed E-state index contributed by atoms with van der Waals surface area (Å²) >= 11 is 0. The first-order chi connectivity index (χ1) is 19.0. The second-order valence-corrected chi connectivity index (χ2v) is 11.7. The van der Waals surface area contributed by atoms with Crippen LogP contribution >= 0.6 is 0 Å². The van der Waals surface area contributed by atoms with Crippen molar-refractivity contribution in [2.75, 3.05) is 20.2 Å². The van der Waals surface area contributed by atoms with Gasteiger partial charge in [0.1, 0.15) is 0 Å². The van der Waals surface area contributed by atoms with Crippen molar-refractivity contribution in [3.05, 3.63) is 70.4 Å². The molecule has 208 valence electrons. The van der Waals surface area contributed by atoms with Crippen LogP contribution in [0.25, 0.3) is 22.0 Å². The lowest BCUT2D eigenvalue weighted by Crippen LogP contribution is -2.16. The Labute approximate surface area is 235 Å². The molecule has 4 heteroatoms. The first-order valence-electron chi connectivity index (χ1n) is 15.3. The van der Waals surface area contributed by atoms with E-state index in [9.17, 15) is 4.79 Å². The normalized spacial score (nSPS) is 17.8. The molecule has 1 aromatic heterocycles. The molecule has 5 rings (SSSR count). The molecule has 2 aliphatic rings. The summed E-state index contributed by atoms with van der Waals surface area (Å²) in [5, 5.41) is 1.40. The molecule has 0 saturated heterocycles. The predicted octanol–water partition coefficient (Wildman–Crippen LogP) is 8.64. The fourth-order valence-corrected chi connectivity index (χ4v) is 6.77. The van der Waals surface area contributed by atoms with Crippen LogP contribution in [0.15, 0.2) is 42.6 Å². The maximum absolute atomic E-state index is 12.6. The number of rotatable bonds is 8. The number of carbonyl (C=O) groups is 1. The van der Waals surface area contributed by atoms with Gasteiger partial charge >= 0.3 is 5.97 Å². The third-order valence-electron chi connectivity index (χ3n) is 8.89. The number of benzene rings is 2. The minimum atomic E-state index is -0.212. The molecule has 0 atom stereocenters. The first kappa shape index (κ1) is 27.7. The van der Waals surface area contributed by atoms with Gasteiger partial charge in [0.05, 0.1) is 17.7 Å². The van der Waals surface area contributed by atoms with Crippen molar-refractivity contribution in [1.29, 1.82) is 0 Å². The van der Waals surface area contributed by atoms with Crippen molar-refractivity contribution in [1.82, 2.24) is 9.47 Å². The van der Waals surface area contributed by atoms with Crippen LogP contribution in [0.1, 0.15) is 104 Å². The van der Waals surface area contributed by atoms with Gasteiger partial charge in [-0.2, -0.15) is 0 Å². The number of nitrogens with zero attached hydrogens (tertiary/aromatic N) is 2. The maximum atomic E-state index is 12.6. The summed E-state index contributed by atoms with van der Waals surface area (Å²) in [5.74, 6) is 0.352. The van der Waals surface area contributed by atoms with E-state index in [1.54, 1.807) is 0 Å². The van der Waals surface area contributed by atoms with Crippen LogP contribution in [0.2, 0.25) is 0 Å². The summed E-state index contributed by atoms with van der Waals surface area (Å²) in [4.78, 5) is 15.0. The van der Waals surface area contributed by atoms with E-state index in [1.165, 1.54) is 89.2 Å². The summed E-state index contributed by atoms with van der Waals surface area (Å²) in [6.45, 7) is 10.0. The number of esters is 1. The van der Waals surface area contributed by atoms with Gasteiger partial charge < -0.3 is 14.2 Å². The van der Waals surface area contributed by atoms with E-state index in [2.05, 4.69) is 66.9 Å². The van der Waals surface area contributed by atoms with Crippen LogP contribution in [-0.4, -0.2) is 35.6 Å². The first-order valence-corrected chi connectivity index (χ1v) is 15.3. The molecule has 0 spiro atoms. The third kappa shape index (κ3) is 5.87. The van der Waals surface area contributed by atoms with Crippen molar-refractivity contribution in [3.8, 4) is 0 Å². The lowest BCUT2D eigenvalue weighted by Gasteiger charge is -2.30. The van der Waals surface area contributed by atoms with Gasteiger partial charge in [0.15, 0.2) is 0 Å². The van der Waals surface area contributed by atoms with E-state index in [4.69, 9.17) is 4.74 Å².